The van der Waals surface area contributed by atoms with E-state index in [0.29, 0.717) is 32.7 Å². The van der Waals surface area contributed by atoms with Gasteiger partial charge in [0.25, 0.3) is 10.0 Å². The zero-order valence-electron chi connectivity index (χ0n) is 12.4. The number of sulfonamides is 1. The lowest BCUT2D eigenvalue weighted by molar-refractivity contribution is 0.219. The molecule has 0 bridgehead atoms. The lowest BCUT2D eigenvalue weighted by atomic mass is 10.1. The minimum atomic E-state index is -3.52. The minimum Gasteiger partial charge on any atom is -0.380 e. The molecule has 1 aliphatic heterocycles. The molecule has 0 atom stereocenters. The van der Waals surface area contributed by atoms with Crippen molar-refractivity contribution < 1.29 is 13.2 Å². The van der Waals surface area contributed by atoms with E-state index in [1.54, 1.807) is 25.4 Å². The number of nitrogens with one attached hydrogen (secondary N) is 1. The summed E-state index contributed by atoms with van der Waals surface area (Å²) in [5.74, 6) is 0. The van der Waals surface area contributed by atoms with Crippen molar-refractivity contribution in [1.82, 2.24) is 14.6 Å². The number of ether oxygens (including phenoxy) is 1. The molecule has 0 unspecified atom stereocenters. The Balaban J connectivity index is 2.11. The van der Waals surface area contributed by atoms with Crippen LogP contribution in [0.5, 0.6) is 0 Å². The average Bonchev–Trinajstić information content (AvgIpc) is 2.49. The van der Waals surface area contributed by atoms with E-state index in [4.69, 9.17) is 4.74 Å². The highest BCUT2D eigenvalue weighted by molar-refractivity contribution is 7.89. The quantitative estimate of drug-likeness (QED) is 0.786. The van der Waals surface area contributed by atoms with Crippen molar-refractivity contribution in [3.05, 3.63) is 35.5 Å². The zero-order valence-corrected chi connectivity index (χ0v) is 13.2. The smallest absolute Gasteiger partial charge is 0.260 e. The van der Waals surface area contributed by atoms with Gasteiger partial charge in [-0.05, 0) is 30.7 Å². The highest BCUT2D eigenvalue weighted by atomic mass is 32.2. The standard InChI is InChI=1S/C14H21N3O3S/c1-15-9-13-3-4-14(16-10-13)21(18,19)17-7-5-12(6-8-17)11-20-2/h3-5,10,15H,6-9,11H2,1-2H3. The second-order valence-electron chi connectivity index (χ2n) is 4.94. The van der Waals surface area contributed by atoms with Crippen molar-refractivity contribution in [2.45, 2.75) is 18.0 Å². The number of hydrogen-bond donors (Lipinski definition) is 1. The molecule has 1 N–H and O–H groups in total. The van der Waals surface area contributed by atoms with Crippen LogP contribution in [0.2, 0.25) is 0 Å². The van der Waals surface area contributed by atoms with Crippen molar-refractivity contribution >= 4 is 10.0 Å². The van der Waals surface area contributed by atoms with E-state index in [0.717, 1.165) is 11.1 Å². The summed E-state index contributed by atoms with van der Waals surface area (Å²) in [6.45, 7) is 2.07. The third-order valence-electron chi connectivity index (χ3n) is 3.38. The fraction of sp³-hybridized carbons (Fsp3) is 0.500. The molecule has 1 aromatic rings. The third kappa shape index (κ3) is 3.88. The topological polar surface area (TPSA) is 71.5 Å². The van der Waals surface area contributed by atoms with Gasteiger partial charge in [0.2, 0.25) is 0 Å². The van der Waals surface area contributed by atoms with E-state index in [2.05, 4.69) is 10.3 Å². The van der Waals surface area contributed by atoms with Crippen LogP contribution in [0.4, 0.5) is 0 Å². The summed E-state index contributed by atoms with van der Waals surface area (Å²) >= 11 is 0. The number of nitrogens with zero attached hydrogens (tertiary/aromatic N) is 2. The summed E-state index contributed by atoms with van der Waals surface area (Å²) in [6.07, 6.45) is 4.21. The van der Waals surface area contributed by atoms with Gasteiger partial charge in [0.05, 0.1) is 6.61 Å². The summed E-state index contributed by atoms with van der Waals surface area (Å²) < 4.78 is 31.5. The first kappa shape index (κ1) is 16.1. The van der Waals surface area contributed by atoms with Crippen molar-refractivity contribution in [2.24, 2.45) is 0 Å². The normalized spacial score (nSPS) is 16.8. The maximum Gasteiger partial charge on any atom is 0.260 e. The molecular weight excluding hydrogens is 290 g/mol. The maximum atomic E-state index is 12.5. The summed E-state index contributed by atoms with van der Waals surface area (Å²) in [4.78, 5) is 4.08. The number of methoxy groups -OCH3 is 1. The van der Waals surface area contributed by atoms with E-state index >= 15 is 0 Å². The molecule has 1 aliphatic rings. The molecule has 2 heterocycles. The fourth-order valence-corrected chi connectivity index (χ4v) is 3.52. The SMILES string of the molecule is CNCc1ccc(S(=O)(=O)N2CC=C(COC)CC2)nc1. The lowest BCUT2D eigenvalue weighted by Gasteiger charge is -2.25. The summed E-state index contributed by atoms with van der Waals surface area (Å²) in [7, 11) is -0.0406. The van der Waals surface area contributed by atoms with Gasteiger partial charge < -0.3 is 10.1 Å². The van der Waals surface area contributed by atoms with Gasteiger partial charge in [0.15, 0.2) is 5.03 Å². The van der Waals surface area contributed by atoms with Crippen molar-refractivity contribution in [3.8, 4) is 0 Å². The van der Waals surface area contributed by atoms with E-state index in [-0.39, 0.29) is 5.03 Å². The van der Waals surface area contributed by atoms with E-state index in [1.807, 2.05) is 13.1 Å². The number of aromatic nitrogens is 1. The molecule has 0 spiro atoms. The number of pyridine rings is 1. The summed E-state index contributed by atoms with van der Waals surface area (Å²) in [5, 5.41) is 3.11. The van der Waals surface area contributed by atoms with Crippen molar-refractivity contribution in [2.75, 3.05) is 33.9 Å². The zero-order chi connectivity index (χ0) is 15.3. The van der Waals surface area contributed by atoms with Crippen LogP contribution in [0.15, 0.2) is 35.0 Å². The Morgan fingerprint density at radius 3 is 2.76 bits per heavy atom. The molecule has 2 rings (SSSR count). The molecule has 0 aromatic carbocycles. The molecule has 0 fully saturated rings. The monoisotopic (exact) mass is 311 g/mol. The van der Waals surface area contributed by atoms with Crippen LogP contribution in [-0.2, 0) is 21.3 Å². The molecule has 21 heavy (non-hydrogen) atoms. The lowest BCUT2D eigenvalue weighted by Crippen LogP contribution is -2.35. The van der Waals surface area contributed by atoms with Gasteiger partial charge in [-0.25, -0.2) is 13.4 Å². The maximum absolute atomic E-state index is 12.5. The van der Waals surface area contributed by atoms with Crippen LogP contribution in [0.25, 0.3) is 0 Å². The van der Waals surface area contributed by atoms with Gasteiger partial charge in [-0.2, -0.15) is 4.31 Å². The Morgan fingerprint density at radius 1 is 1.43 bits per heavy atom. The second-order valence-corrected chi connectivity index (χ2v) is 6.83. The molecule has 116 valence electrons. The molecule has 0 radical (unpaired) electrons. The van der Waals surface area contributed by atoms with Crippen LogP contribution in [0, 0.1) is 0 Å². The van der Waals surface area contributed by atoms with Gasteiger partial charge in [-0.1, -0.05) is 12.1 Å². The van der Waals surface area contributed by atoms with Crippen LogP contribution >= 0.6 is 0 Å². The number of rotatable bonds is 6. The van der Waals surface area contributed by atoms with E-state index < -0.39 is 10.0 Å². The Kier molecular flexibility index (Phi) is 5.46. The average molecular weight is 311 g/mol. The minimum absolute atomic E-state index is 0.103. The first-order chi connectivity index (χ1) is 10.1. The summed E-state index contributed by atoms with van der Waals surface area (Å²) in [6, 6.07) is 3.35. The fourth-order valence-electron chi connectivity index (χ4n) is 2.23. The van der Waals surface area contributed by atoms with Crippen LogP contribution in [0.3, 0.4) is 0 Å². The van der Waals surface area contributed by atoms with Gasteiger partial charge in [0.1, 0.15) is 0 Å². The highest BCUT2D eigenvalue weighted by Crippen LogP contribution is 2.19. The second kappa shape index (κ2) is 7.13. The van der Waals surface area contributed by atoms with Gasteiger partial charge in [-0.15, -0.1) is 0 Å². The van der Waals surface area contributed by atoms with Gasteiger partial charge in [0, 0.05) is 32.9 Å². The molecule has 0 saturated carbocycles. The molecule has 0 aliphatic carbocycles. The third-order valence-corrected chi connectivity index (χ3v) is 5.16. The van der Waals surface area contributed by atoms with E-state index in [1.165, 1.54) is 4.31 Å². The summed E-state index contributed by atoms with van der Waals surface area (Å²) in [5.41, 5.74) is 2.10. The predicted octanol–water partition coefficient (Wildman–Crippen LogP) is 0.768. The van der Waals surface area contributed by atoms with Crippen LogP contribution in [0.1, 0.15) is 12.0 Å². The Morgan fingerprint density at radius 2 is 2.24 bits per heavy atom. The molecule has 0 saturated heterocycles. The molecular formula is C14H21N3O3S. The molecule has 6 nitrogen and oxygen atoms in total. The van der Waals surface area contributed by atoms with Crippen LogP contribution < -0.4 is 5.32 Å². The van der Waals surface area contributed by atoms with Crippen LogP contribution in [-0.4, -0.2) is 51.6 Å². The van der Waals surface area contributed by atoms with Gasteiger partial charge in [-0.3, -0.25) is 0 Å². The number of hydrogen-bond acceptors (Lipinski definition) is 5. The molecule has 1 aromatic heterocycles. The van der Waals surface area contributed by atoms with E-state index in [9.17, 15) is 8.42 Å². The first-order valence-electron chi connectivity index (χ1n) is 6.84. The predicted molar refractivity (Wildman–Crippen MR) is 80.3 cm³/mol. The van der Waals surface area contributed by atoms with Gasteiger partial charge >= 0.3 is 0 Å². The van der Waals surface area contributed by atoms with Crippen molar-refractivity contribution in [1.29, 1.82) is 0 Å². The first-order valence-corrected chi connectivity index (χ1v) is 8.28. The molecule has 0 amide bonds. The van der Waals surface area contributed by atoms with Crippen molar-refractivity contribution in [3.63, 3.8) is 0 Å². The molecule has 7 heteroatoms. The largest absolute Gasteiger partial charge is 0.380 e. The Bertz CT molecular complexity index is 596. The Hall–Kier alpha value is -1.28. The Labute approximate surface area is 125 Å². The highest BCUT2D eigenvalue weighted by Gasteiger charge is 2.27.